The molecular formula is C18H17BrN2O4. The van der Waals surface area contributed by atoms with E-state index >= 15 is 0 Å². The van der Waals surface area contributed by atoms with Gasteiger partial charge in [-0.2, -0.15) is 0 Å². The Morgan fingerprint density at radius 1 is 1.20 bits per heavy atom. The van der Waals surface area contributed by atoms with Gasteiger partial charge in [-0.25, -0.2) is 0 Å². The molecule has 0 bridgehead atoms. The molecule has 1 atom stereocenters. The van der Waals surface area contributed by atoms with E-state index in [2.05, 4.69) is 21.2 Å². The average molecular weight is 405 g/mol. The predicted molar refractivity (Wildman–Crippen MR) is 96.1 cm³/mol. The Morgan fingerprint density at radius 3 is 2.32 bits per heavy atom. The van der Waals surface area contributed by atoms with E-state index < -0.39 is 16.4 Å². The van der Waals surface area contributed by atoms with E-state index in [1.165, 1.54) is 24.3 Å². The van der Waals surface area contributed by atoms with Crippen LogP contribution in [0.2, 0.25) is 0 Å². The van der Waals surface area contributed by atoms with Crippen molar-refractivity contribution in [1.29, 1.82) is 0 Å². The third-order valence-electron chi connectivity index (χ3n) is 4.53. The van der Waals surface area contributed by atoms with Gasteiger partial charge in [0.1, 0.15) is 0 Å². The highest BCUT2D eigenvalue weighted by atomic mass is 79.9. The largest absolute Gasteiger partial charge is 0.387 e. The average Bonchev–Trinajstić information content (AvgIpc) is 3.42. The lowest BCUT2D eigenvalue weighted by Crippen LogP contribution is -2.37. The van der Waals surface area contributed by atoms with Gasteiger partial charge in [0, 0.05) is 23.2 Å². The normalized spacial score (nSPS) is 16.1. The highest BCUT2D eigenvalue weighted by Crippen LogP contribution is 2.48. The molecule has 1 unspecified atom stereocenters. The third kappa shape index (κ3) is 3.72. The van der Waals surface area contributed by atoms with E-state index in [1.807, 2.05) is 24.3 Å². The van der Waals surface area contributed by atoms with Crippen molar-refractivity contribution in [3.8, 4) is 0 Å². The van der Waals surface area contributed by atoms with Crippen LogP contribution in [0.5, 0.6) is 0 Å². The number of nitrogens with one attached hydrogen (secondary N) is 1. The van der Waals surface area contributed by atoms with Crippen LogP contribution in [-0.4, -0.2) is 22.5 Å². The monoisotopic (exact) mass is 404 g/mol. The van der Waals surface area contributed by atoms with Crippen LogP contribution in [-0.2, 0) is 10.2 Å². The zero-order valence-corrected chi connectivity index (χ0v) is 14.9. The maximum Gasteiger partial charge on any atom is 0.269 e. The zero-order valence-electron chi connectivity index (χ0n) is 13.3. The van der Waals surface area contributed by atoms with Gasteiger partial charge in [0.2, 0.25) is 5.91 Å². The van der Waals surface area contributed by atoms with E-state index in [4.69, 9.17) is 0 Å². The number of nitro groups is 1. The zero-order chi connectivity index (χ0) is 18.0. The summed E-state index contributed by atoms with van der Waals surface area (Å²) in [4.78, 5) is 22.7. The maximum absolute atomic E-state index is 12.6. The summed E-state index contributed by atoms with van der Waals surface area (Å²) in [5.41, 5.74) is 0.958. The summed E-state index contributed by atoms with van der Waals surface area (Å²) in [5, 5.41) is 23.7. The number of nitrogens with zero attached hydrogens (tertiary/aromatic N) is 1. The van der Waals surface area contributed by atoms with Gasteiger partial charge in [-0.15, -0.1) is 0 Å². The molecule has 0 aromatic heterocycles. The van der Waals surface area contributed by atoms with Gasteiger partial charge in [-0.1, -0.05) is 28.1 Å². The Hall–Kier alpha value is -2.25. The van der Waals surface area contributed by atoms with Gasteiger partial charge < -0.3 is 10.4 Å². The lowest BCUT2D eigenvalue weighted by molar-refractivity contribution is -0.384. The highest BCUT2D eigenvalue weighted by molar-refractivity contribution is 9.10. The Morgan fingerprint density at radius 2 is 1.80 bits per heavy atom. The fraction of sp³-hybridized carbons (Fsp3) is 0.278. The second-order valence-corrected chi connectivity index (χ2v) is 7.08. The number of amides is 1. The molecule has 1 aliphatic carbocycles. The molecule has 1 amide bonds. The molecule has 0 heterocycles. The number of non-ortho nitro benzene ring substituents is 1. The van der Waals surface area contributed by atoms with Crippen molar-refractivity contribution in [1.82, 2.24) is 5.32 Å². The number of aliphatic hydroxyl groups excluding tert-OH is 1. The van der Waals surface area contributed by atoms with Crippen LogP contribution in [0.3, 0.4) is 0 Å². The first-order valence-electron chi connectivity index (χ1n) is 7.89. The molecule has 3 rings (SSSR count). The number of hydrogen-bond donors (Lipinski definition) is 2. The van der Waals surface area contributed by atoms with Crippen molar-refractivity contribution in [2.75, 3.05) is 6.54 Å². The number of benzene rings is 2. The number of aliphatic hydroxyl groups is 1. The summed E-state index contributed by atoms with van der Waals surface area (Å²) < 4.78 is 0.959. The van der Waals surface area contributed by atoms with E-state index in [0.29, 0.717) is 5.56 Å². The fourth-order valence-corrected chi connectivity index (χ4v) is 3.10. The van der Waals surface area contributed by atoms with Crippen molar-refractivity contribution >= 4 is 27.5 Å². The number of rotatable bonds is 6. The molecule has 0 saturated heterocycles. The Labute approximate surface area is 153 Å². The third-order valence-corrected chi connectivity index (χ3v) is 5.05. The summed E-state index contributed by atoms with van der Waals surface area (Å²) in [7, 11) is 0. The Kier molecular flexibility index (Phi) is 4.87. The quantitative estimate of drug-likeness (QED) is 0.570. The lowest BCUT2D eigenvalue weighted by Gasteiger charge is -2.18. The van der Waals surface area contributed by atoms with Crippen LogP contribution in [0.15, 0.2) is 53.0 Å². The van der Waals surface area contributed by atoms with Gasteiger partial charge in [-0.3, -0.25) is 14.9 Å². The molecule has 2 aromatic rings. The molecule has 1 fully saturated rings. The van der Waals surface area contributed by atoms with Crippen LogP contribution in [0.1, 0.15) is 30.1 Å². The van der Waals surface area contributed by atoms with Gasteiger partial charge in [0.05, 0.1) is 16.4 Å². The molecule has 1 aliphatic rings. The standard InChI is InChI=1S/C18H17BrN2O4/c19-14-5-3-13(4-6-14)18(9-10-18)17(23)20-11-16(22)12-1-7-15(8-2-12)21(24)25/h1-8,16,22H,9-11H2,(H,20,23). The molecule has 0 aliphatic heterocycles. The van der Waals surface area contributed by atoms with Gasteiger partial charge >= 0.3 is 0 Å². The van der Waals surface area contributed by atoms with E-state index in [1.54, 1.807) is 0 Å². The minimum Gasteiger partial charge on any atom is -0.387 e. The molecule has 2 aromatic carbocycles. The molecule has 0 radical (unpaired) electrons. The van der Waals surface area contributed by atoms with Gasteiger partial charge in [-0.05, 0) is 48.2 Å². The fourth-order valence-electron chi connectivity index (χ4n) is 2.84. The molecule has 130 valence electrons. The van der Waals surface area contributed by atoms with Gasteiger partial charge in [0.25, 0.3) is 5.69 Å². The van der Waals surface area contributed by atoms with Crippen molar-refractivity contribution in [3.63, 3.8) is 0 Å². The van der Waals surface area contributed by atoms with Gasteiger partial charge in [0.15, 0.2) is 0 Å². The molecule has 6 nitrogen and oxygen atoms in total. The Bertz CT molecular complexity index is 786. The van der Waals surface area contributed by atoms with Crippen LogP contribution in [0, 0.1) is 10.1 Å². The molecule has 7 heteroatoms. The number of nitro benzene ring substituents is 1. The Balaban J connectivity index is 1.62. The number of halogens is 1. The minimum absolute atomic E-state index is 0.0350. The summed E-state index contributed by atoms with van der Waals surface area (Å²) in [5.74, 6) is -0.101. The molecule has 2 N–H and O–H groups in total. The van der Waals surface area contributed by atoms with Crippen molar-refractivity contribution in [2.45, 2.75) is 24.4 Å². The summed E-state index contributed by atoms with van der Waals surface area (Å²) in [6.45, 7) is 0.0644. The number of hydrogen-bond acceptors (Lipinski definition) is 4. The van der Waals surface area contributed by atoms with Crippen LogP contribution in [0.4, 0.5) is 5.69 Å². The topological polar surface area (TPSA) is 92.5 Å². The first-order valence-corrected chi connectivity index (χ1v) is 8.68. The van der Waals surface area contributed by atoms with Crippen molar-refractivity contribution < 1.29 is 14.8 Å². The maximum atomic E-state index is 12.6. The molecule has 1 saturated carbocycles. The first-order chi connectivity index (χ1) is 11.9. The second-order valence-electron chi connectivity index (χ2n) is 6.16. The number of carbonyl (C=O) groups excluding carboxylic acids is 1. The summed E-state index contributed by atoms with van der Waals surface area (Å²) >= 11 is 3.38. The molecular weight excluding hydrogens is 388 g/mol. The summed E-state index contributed by atoms with van der Waals surface area (Å²) in [6, 6.07) is 13.4. The van der Waals surface area contributed by atoms with Crippen molar-refractivity contribution in [3.05, 3.63) is 74.2 Å². The molecule has 0 spiro atoms. The number of carbonyl (C=O) groups is 1. The van der Waals surface area contributed by atoms with E-state index in [-0.39, 0.29) is 18.1 Å². The van der Waals surface area contributed by atoms with Crippen LogP contribution < -0.4 is 5.32 Å². The van der Waals surface area contributed by atoms with Crippen LogP contribution >= 0.6 is 15.9 Å². The minimum atomic E-state index is -0.912. The highest BCUT2D eigenvalue weighted by Gasteiger charge is 2.51. The lowest BCUT2D eigenvalue weighted by atomic mass is 9.95. The van der Waals surface area contributed by atoms with E-state index in [9.17, 15) is 20.0 Å². The smallest absolute Gasteiger partial charge is 0.269 e. The molecule has 25 heavy (non-hydrogen) atoms. The summed E-state index contributed by atoms with van der Waals surface area (Å²) in [6.07, 6.45) is 0.660. The van der Waals surface area contributed by atoms with E-state index in [0.717, 1.165) is 22.9 Å². The first kappa shape index (κ1) is 17.6. The van der Waals surface area contributed by atoms with Crippen molar-refractivity contribution in [2.24, 2.45) is 0 Å². The van der Waals surface area contributed by atoms with Crippen LogP contribution in [0.25, 0.3) is 0 Å². The second kappa shape index (κ2) is 6.93. The SMILES string of the molecule is O=C(NCC(O)c1ccc([N+](=O)[O-])cc1)C1(c2ccc(Br)cc2)CC1. The predicted octanol–water partition coefficient (Wildman–Crippen LogP) is 3.24.